The predicted molar refractivity (Wildman–Crippen MR) is 66.5 cm³/mol. The minimum absolute atomic E-state index is 0.433. The van der Waals surface area contributed by atoms with Gasteiger partial charge in [0, 0.05) is 12.8 Å². The van der Waals surface area contributed by atoms with E-state index in [1.54, 1.807) is 0 Å². The van der Waals surface area contributed by atoms with Gasteiger partial charge >= 0.3 is 0 Å². The molecule has 1 saturated carbocycles. The van der Waals surface area contributed by atoms with Crippen molar-refractivity contribution in [2.24, 2.45) is 0 Å². The third-order valence-corrected chi connectivity index (χ3v) is 3.95. The first-order valence-corrected chi connectivity index (χ1v) is 6.60. The highest BCUT2D eigenvalue weighted by molar-refractivity contribution is 5.79. The van der Waals surface area contributed by atoms with Gasteiger partial charge in [0.2, 0.25) is 0 Å². The first-order valence-electron chi connectivity index (χ1n) is 6.60. The van der Waals surface area contributed by atoms with Crippen LogP contribution in [0.3, 0.4) is 0 Å². The van der Waals surface area contributed by atoms with Crippen LogP contribution >= 0.6 is 0 Å². The lowest BCUT2D eigenvalue weighted by Gasteiger charge is -2.24. The van der Waals surface area contributed by atoms with E-state index in [4.69, 9.17) is 4.74 Å². The molecule has 0 unspecified atom stereocenters. The van der Waals surface area contributed by atoms with E-state index < -0.39 is 0 Å². The lowest BCUT2D eigenvalue weighted by atomic mass is 9.82. The van der Waals surface area contributed by atoms with Gasteiger partial charge in [-0.25, -0.2) is 0 Å². The molecule has 1 aliphatic heterocycles. The minimum Gasteiger partial charge on any atom is -0.493 e. The van der Waals surface area contributed by atoms with Crippen molar-refractivity contribution in [1.29, 1.82) is 0 Å². The van der Waals surface area contributed by atoms with E-state index in [1.807, 2.05) is 0 Å². The Bertz CT molecular complexity index is 427. The fourth-order valence-corrected chi connectivity index (χ4v) is 2.91. The number of fused-ring (bicyclic) bond motifs is 1. The minimum atomic E-state index is 0.433. The number of benzene rings is 1. The number of rotatable bonds is 1. The third kappa shape index (κ3) is 2.21. The fraction of sp³-hybridized carbons (Fsp3) is 0.533. The zero-order chi connectivity index (χ0) is 11.7. The first kappa shape index (κ1) is 10.8. The average molecular weight is 230 g/mol. The van der Waals surface area contributed by atoms with Gasteiger partial charge in [-0.2, -0.15) is 0 Å². The molecule has 1 aliphatic carbocycles. The topological polar surface area (TPSA) is 26.3 Å². The van der Waals surface area contributed by atoms with Crippen molar-refractivity contribution in [3.63, 3.8) is 0 Å². The predicted octanol–water partition coefficient (Wildman–Crippen LogP) is 3.24. The van der Waals surface area contributed by atoms with Crippen LogP contribution in [0.2, 0.25) is 0 Å². The maximum atomic E-state index is 11.3. The number of ether oxygens (including phenoxy) is 1. The van der Waals surface area contributed by atoms with E-state index >= 15 is 0 Å². The summed E-state index contributed by atoms with van der Waals surface area (Å²) in [5.41, 5.74) is 2.76. The van der Waals surface area contributed by atoms with Gasteiger partial charge < -0.3 is 4.74 Å². The van der Waals surface area contributed by atoms with Gasteiger partial charge in [0.05, 0.1) is 6.61 Å². The lowest BCUT2D eigenvalue weighted by Crippen LogP contribution is -2.14. The molecule has 2 aliphatic rings. The van der Waals surface area contributed by atoms with Crippen molar-refractivity contribution in [3.8, 4) is 5.75 Å². The summed E-state index contributed by atoms with van der Waals surface area (Å²) in [6.07, 6.45) is 5.84. The molecule has 0 amide bonds. The van der Waals surface area contributed by atoms with Gasteiger partial charge in [0.1, 0.15) is 11.5 Å². The molecular weight excluding hydrogens is 212 g/mol. The number of Topliss-reactive ketones (excluding diaryl/α,β-unsaturated/α-hetero) is 1. The number of ketones is 1. The van der Waals surface area contributed by atoms with E-state index in [9.17, 15) is 4.79 Å². The molecule has 0 atom stereocenters. The molecule has 0 radical (unpaired) electrons. The zero-order valence-electron chi connectivity index (χ0n) is 10.1. The maximum Gasteiger partial charge on any atom is 0.132 e. The van der Waals surface area contributed by atoms with Crippen LogP contribution in [0, 0.1) is 0 Å². The van der Waals surface area contributed by atoms with Crippen LogP contribution in [0.15, 0.2) is 18.2 Å². The van der Waals surface area contributed by atoms with Crippen LogP contribution in [-0.4, -0.2) is 12.4 Å². The van der Waals surface area contributed by atoms with Gasteiger partial charge in [-0.1, -0.05) is 12.1 Å². The van der Waals surface area contributed by atoms with Crippen LogP contribution in [0.4, 0.5) is 0 Å². The smallest absolute Gasteiger partial charge is 0.132 e. The Balaban J connectivity index is 1.81. The van der Waals surface area contributed by atoms with Gasteiger partial charge in [-0.05, 0) is 48.8 Å². The molecule has 1 aromatic carbocycles. The van der Waals surface area contributed by atoms with E-state index in [0.717, 1.165) is 50.9 Å². The number of hydrogen-bond donors (Lipinski definition) is 0. The molecule has 2 nitrogen and oxygen atoms in total. The summed E-state index contributed by atoms with van der Waals surface area (Å²) in [6.45, 7) is 0.851. The molecule has 1 aromatic rings. The summed E-state index contributed by atoms with van der Waals surface area (Å²) in [4.78, 5) is 11.3. The van der Waals surface area contributed by atoms with Crippen molar-refractivity contribution in [2.75, 3.05) is 6.61 Å². The monoisotopic (exact) mass is 230 g/mol. The summed E-state index contributed by atoms with van der Waals surface area (Å²) < 4.78 is 5.63. The van der Waals surface area contributed by atoms with Crippen LogP contribution in [0.1, 0.15) is 49.1 Å². The maximum absolute atomic E-state index is 11.3. The Hall–Kier alpha value is -1.31. The van der Waals surface area contributed by atoms with Crippen LogP contribution in [-0.2, 0) is 11.2 Å². The fourth-order valence-electron chi connectivity index (χ4n) is 2.91. The number of carbonyl (C=O) groups is 1. The van der Waals surface area contributed by atoms with Gasteiger partial charge in [0.25, 0.3) is 0 Å². The summed E-state index contributed by atoms with van der Waals surface area (Å²) in [5, 5.41) is 0. The van der Waals surface area contributed by atoms with E-state index in [1.165, 1.54) is 11.1 Å². The molecular formula is C15H18O2. The highest BCUT2D eigenvalue weighted by Crippen LogP contribution is 2.34. The molecule has 0 saturated heterocycles. The largest absolute Gasteiger partial charge is 0.493 e. The van der Waals surface area contributed by atoms with Crippen LogP contribution in [0.25, 0.3) is 0 Å². The summed E-state index contributed by atoms with van der Waals surface area (Å²) in [7, 11) is 0. The SMILES string of the molecule is O=C1CCC(c2ccc3c(c2)CCCO3)CC1. The molecule has 2 heteroatoms. The Kier molecular flexibility index (Phi) is 2.87. The van der Waals surface area contributed by atoms with Gasteiger partial charge in [-0.3, -0.25) is 4.79 Å². The average Bonchev–Trinajstić information content (AvgIpc) is 2.39. The Morgan fingerprint density at radius 2 is 1.94 bits per heavy atom. The summed E-state index contributed by atoms with van der Waals surface area (Å²) in [5.74, 6) is 2.08. The van der Waals surface area contributed by atoms with Crippen LogP contribution in [0.5, 0.6) is 5.75 Å². The number of hydrogen-bond acceptors (Lipinski definition) is 2. The number of carbonyl (C=O) groups excluding carboxylic acids is 1. The molecule has 1 heterocycles. The highest BCUT2D eigenvalue weighted by atomic mass is 16.5. The highest BCUT2D eigenvalue weighted by Gasteiger charge is 2.21. The molecule has 3 rings (SSSR count). The molecule has 0 spiro atoms. The van der Waals surface area contributed by atoms with Gasteiger partial charge in [0.15, 0.2) is 0 Å². The Morgan fingerprint density at radius 3 is 2.76 bits per heavy atom. The second-order valence-electron chi connectivity index (χ2n) is 5.13. The van der Waals surface area contributed by atoms with Crippen LogP contribution < -0.4 is 4.74 Å². The van der Waals surface area contributed by atoms with Crippen molar-refractivity contribution < 1.29 is 9.53 Å². The van der Waals surface area contributed by atoms with Crippen molar-refractivity contribution >= 4 is 5.78 Å². The van der Waals surface area contributed by atoms with Gasteiger partial charge in [-0.15, -0.1) is 0 Å². The Morgan fingerprint density at radius 1 is 1.12 bits per heavy atom. The summed E-state index contributed by atoms with van der Waals surface area (Å²) >= 11 is 0. The second kappa shape index (κ2) is 4.52. The molecule has 0 N–H and O–H groups in total. The quantitative estimate of drug-likeness (QED) is 0.740. The van der Waals surface area contributed by atoms with Crippen molar-refractivity contribution in [3.05, 3.63) is 29.3 Å². The normalized spacial score (nSPS) is 20.8. The standard InChI is InChI=1S/C15H18O2/c16-14-6-3-11(4-7-14)12-5-8-15-13(10-12)2-1-9-17-15/h5,8,10-11H,1-4,6-7,9H2. The van der Waals surface area contributed by atoms with E-state index in [0.29, 0.717) is 11.7 Å². The Labute approximate surface area is 102 Å². The molecule has 90 valence electrons. The van der Waals surface area contributed by atoms with E-state index in [2.05, 4.69) is 18.2 Å². The van der Waals surface area contributed by atoms with Crippen molar-refractivity contribution in [1.82, 2.24) is 0 Å². The number of aryl methyl sites for hydroxylation is 1. The third-order valence-electron chi connectivity index (χ3n) is 3.95. The molecule has 0 aromatic heterocycles. The summed E-state index contributed by atoms with van der Waals surface area (Å²) in [6, 6.07) is 6.60. The molecule has 17 heavy (non-hydrogen) atoms. The molecule has 0 bridgehead atoms. The van der Waals surface area contributed by atoms with E-state index in [-0.39, 0.29) is 0 Å². The lowest BCUT2D eigenvalue weighted by molar-refractivity contribution is -0.120. The van der Waals surface area contributed by atoms with Crippen molar-refractivity contribution in [2.45, 2.75) is 44.4 Å². The second-order valence-corrected chi connectivity index (χ2v) is 5.13. The first-order chi connectivity index (χ1) is 8.33. The zero-order valence-corrected chi connectivity index (χ0v) is 10.1. The molecule has 1 fully saturated rings.